The van der Waals surface area contributed by atoms with E-state index >= 15 is 4.39 Å². The second kappa shape index (κ2) is 17.2. The first-order valence-corrected chi connectivity index (χ1v) is 22.0. The highest BCUT2D eigenvalue weighted by molar-refractivity contribution is 6.05. The highest BCUT2D eigenvalue weighted by Crippen LogP contribution is 2.40. The molecular formula is C46H54FN11O6. The van der Waals surface area contributed by atoms with E-state index in [-0.39, 0.29) is 30.7 Å². The fraction of sp³-hybridized carbons (Fsp3) is 0.457. The Labute approximate surface area is 371 Å². The predicted molar refractivity (Wildman–Crippen MR) is 239 cm³/mol. The average molecular weight is 876 g/mol. The van der Waals surface area contributed by atoms with Crippen LogP contribution in [-0.4, -0.2) is 125 Å². The van der Waals surface area contributed by atoms with Crippen molar-refractivity contribution >= 4 is 58.3 Å². The van der Waals surface area contributed by atoms with Crippen LogP contribution >= 0.6 is 0 Å². The molecule has 7 heterocycles. The summed E-state index contributed by atoms with van der Waals surface area (Å²) in [7, 11) is 0. The van der Waals surface area contributed by atoms with Gasteiger partial charge in [-0.1, -0.05) is 6.07 Å². The maximum atomic E-state index is 15.6. The van der Waals surface area contributed by atoms with E-state index in [9.17, 15) is 19.2 Å². The summed E-state index contributed by atoms with van der Waals surface area (Å²) in [6, 6.07) is 12.7. The molecule has 1 atom stereocenters. The Bertz CT molecular complexity index is 2480. The molecule has 17 nitrogen and oxygen atoms in total. The lowest BCUT2D eigenvalue weighted by atomic mass is 10.0. The summed E-state index contributed by atoms with van der Waals surface area (Å²) in [6.45, 7) is 15.4. The van der Waals surface area contributed by atoms with Crippen LogP contribution in [0.5, 0.6) is 5.88 Å². The number of fused-ring (bicyclic) bond motifs is 2. The van der Waals surface area contributed by atoms with Gasteiger partial charge in [-0.05, 0) is 88.6 Å². The number of nitrogens with zero attached hydrogens (tertiary/aromatic N) is 9. The van der Waals surface area contributed by atoms with Gasteiger partial charge in [0.05, 0.1) is 37.1 Å². The molecule has 0 saturated carbocycles. The number of hydrogen-bond acceptors (Lipinski definition) is 13. The van der Waals surface area contributed by atoms with E-state index in [0.29, 0.717) is 87.1 Å². The molecule has 2 aromatic carbocycles. The number of ether oxygens (including phenoxy) is 2. The molecule has 3 saturated heterocycles. The Morgan fingerprint density at radius 1 is 0.938 bits per heavy atom. The van der Waals surface area contributed by atoms with E-state index in [4.69, 9.17) is 14.5 Å². The highest BCUT2D eigenvalue weighted by atomic mass is 19.1. The van der Waals surface area contributed by atoms with Gasteiger partial charge in [0.15, 0.2) is 0 Å². The molecule has 64 heavy (non-hydrogen) atoms. The van der Waals surface area contributed by atoms with Crippen molar-refractivity contribution in [2.45, 2.75) is 78.1 Å². The van der Waals surface area contributed by atoms with Crippen molar-refractivity contribution in [2.24, 2.45) is 0 Å². The van der Waals surface area contributed by atoms with Gasteiger partial charge >= 0.3 is 12.1 Å². The molecule has 2 N–H and O–H groups in total. The highest BCUT2D eigenvalue weighted by Gasteiger charge is 2.38. The van der Waals surface area contributed by atoms with Crippen molar-refractivity contribution < 1.29 is 33.0 Å². The quantitative estimate of drug-likeness (QED) is 0.238. The van der Waals surface area contributed by atoms with Gasteiger partial charge in [0.1, 0.15) is 23.7 Å². The topological polar surface area (TPSA) is 169 Å². The molecule has 0 radical (unpaired) electrons. The molecule has 9 rings (SSSR count). The number of aromatic nitrogens is 3. The summed E-state index contributed by atoms with van der Waals surface area (Å²) in [5.74, 6) is -0.116. The third kappa shape index (κ3) is 8.83. The van der Waals surface area contributed by atoms with Gasteiger partial charge in [-0.3, -0.25) is 29.6 Å². The molecule has 18 heteroatoms. The average Bonchev–Trinajstić information content (AvgIpc) is 3.24. The Kier molecular flexibility index (Phi) is 11.5. The Balaban J connectivity index is 0.772. The lowest BCUT2D eigenvalue weighted by molar-refractivity contribution is -0.134. The normalized spacial score (nSPS) is 19.3. The van der Waals surface area contributed by atoms with E-state index in [2.05, 4.69) is 42.2 Å². The Hall–Kier alpha value is -6.56. The first kappa shape index (κ1) is 42.7. The van der Waals surface area contributed by atoms with Crippen LogP contribution in [0.1, 0.15) is 56.5 Å². The minimum absolute atomic E-state index is 0.0365. The zero-order chi connectivity index (χ0) is 44.9. The zero-order valence-electron chi connectivity index (χ0n) is 36.9. The van der Waals surface area contributed by atoms with Crippen molar-refractivity contribution in [3.8, 4) is 5.88 Å². The summed E-state index contributed by atoms with van der Waals surface area (Å²) in [4.78, 5) is 76.3. The number of halogens is 1. The van der Waals surface area contributed by atoms with Crippen LogP contribution in [0, 0.1) is 12.7 Å². The molecule has 0 bridgehead atoms. The molecule has 2 aromatic heterocycles. The second-order valence-corrected chi connectivity index (χ2v) is 18.1. The Morgan fingerprint density at radius 2 is 1.72 bits per heavy atom. The minimum atomic E-state index is -0.651. The van der Waals surface area contributed by atoms with Crippen LogP contribution in [0.3, 0.4) is 0 Å². The van der Waals surface area contributed by atoms with Crippen molar-refractivity contribution in [1.82, 2.24) is 30.1 Å². The summed E-state index contributed by atoms with van der Waals surface area (Å²) in [6.07, 6.45) is 4.07. The van der Waals surface area contributed by atoms with E-state index in [1.165, 1.54) is 6.07 Å². The maximum absolute atomic E-state index is 15.6. The van der Waals surface area contributed by atoms with Crippen LogP contribution in [0.2, 0.25) is 0 Å². The van der Waals surface area contributed by atoms with Crippen LogP contribution < -0.4 is 35.0 Å². The summed E-state index contributed by atoms with van der Waals surface area (Å²) < 4.78 is 27.1. The number of nitrogens with one attached hydrogen (secondary N) is 2. The van der Waals surface area contributed by atoms with Crippen molar-refractivity contribution in [1.29, 1.82) is 0 Å². The van der Waals surface area contributed by atoms with Gasteiger partial charge in [-0.25, -0.2) is 28.9 Å². The molecular weight excluding hydrogens is 822 g/mol. The van der Waals surface area contributed by atoms with E-state index in [1.54, 1.807) is 34.3 Å². The monoisotopic (exact) mass is 875 g/mol. The molecule has 0 aliphatic carbocycles. The lowest BCUT2D eigenvalue weighted by Gasteiger charge is -2.51. The number of amides is 5. The van der Waals surface area contributed by atoms with Crippen LogP contribution in [0.25, 0.3) is 0 Å². The number of piperazine rings is 1. The first-order chi connectivity index (χ1) is 30.7. The van der Waals surface area contributed by atoms with Crippen molar-refractivity contribution in [3.63, 3.8) is 0 Å². The van der Waals surface area contributed by atoms with Gasteiger partial charge in [0.25, 0.3) is 0 Å². The summed E-state index contributed by atoms with van der Waals surface area (Å²) in [5.41, 5.74) is 6.13. The summed E-state index contributed by atoms with van der Waals surface area (Å²) in [5, 5.41) is 5.51. The molecule has 0 spiro atoms. The van der Waals surface area contributed by atoms with E-state index in [0.717, 1.165) is 53.5 Å². The van der Waals surface area contributed by atoms with Gasteiger partial charge in [-0.2, -0.15) is 0 Å². The predicted octanol–water partition coefficient (Wildman–Crippen LogP) is 5.17. The largest absolute Gasteiger partial charge is 0.474 e. The number of urea groups is 1. The third-order valence-corrected chi connectivity index (χ3v) is 12.6. The number of benzene rings is 2. The molecule has 4 aromatic rings. The maximum Gasteiger partial charge on any atom is 0.415 e. The molecule has 5 amide bonds. The first-order valence-electron chi connectivity index (χ1n) is 22.0. The van der Waals surface area contributed by atoms with Gasteiger partial charge in [0.2, 0.25) is 23.6 Å². The van der Waals surface area contributed by atoms with Crippen molar-refractivity contribution in [2.75, 3.05) is 83.9 Å². The molecule has 336 valence electrons. The minimum Gasteiger partial charge on any atom is -0.474 e. The van der Waals surface area contributed by atoms with E-state index < -0.39 is 23.5 Å². The number of carbonyl (C=O) groups is 4. The number of pyridine rings is 1. The fourth-order valence-corrected chi connectivity index (χ4v) is 9.16. The molecule has 5 aliphatic heterocycles. The lowest BCUT2D eigenvalue weighted by Crippen LogP contribution is -2.66. The SMILES string of the molecule is Cc1c(N2CCc3cnc(Nc4ccc(CC(=O)N5CCN(C6CN(c7ccc(N8CCC(=O)NC8=O)cc7)C6)[C@H](C)C5)c(F)c4)nc3C2)cnc2c1N(C(=O)OC(C)(C)C)CCO2. The number of anilines is 6. The number of imide groups is 1. The van der Waals surface area contributed by atoms with Gasteiger partial charge in [0, 0.05) is 93.1 Å². The van der Waals surface area contributed by atoms with Gasteiger partial charge < -0.3 is 29.5 Å². The molecule has 5 aliphatic rings. The van der Waals surface area contributed by atoms with Gasteiger partial charge in [-0.15, -0.1) is 0 Å². The van der Waals surface area contributed by atoms with Crippen LogP contribution in [0.15, 0.2) is 54.9 Å². The van der Waals surface area contributed by atoms with Crippen LogP contribution in [0.4, 0.5) is 48.4 Å². The Morgan fingerprint density at radius 3 is 2.45 bits per heavy atom. The molecule has 0 unspecified atom stereocenters. The standard InChI is InChI=1S/C46H54FN11O6/c1-28-24-54(16-17-56(28)35-25-55(26-35)33-8-10-34(11-9-33)57-15-13-39(59)52-44(57)61)40(60)20-30-6-7-32(21-36(30)47)50-43-49-22-31-12-14-53(27-37(31)51-43)38-23-48-42-41(29(38)2)58(18-19-63-42)45(62)64-46(3,4)5/h6-11,21-23,28,35H,12-20,24-27H2,1-5H3,(H,49,50,51)(H,52,59,61)/t28-/m1/s1. The zero-order valence-corrected chi connectivity index (χ0v) is 36.9. The van der Waals surface area contributed by atoms with Crippen LogP contribution in [-0.2, 0) is 33.7 Å². The number of hydrogen-bond donors (Lipinski definition) is 2. The fourth-order valence-electron chi connectivity index (χ4n) is 9.16. The van der Waals surface area contributed by atoms with Crippen molar-refractivity contribution in [3.05, 3.63) is 83.1 Å². The number of carbonyl (C=O) groups excluding carboxylic acids is 4. The molecule has 3 fully saturated rings. The number of rotatable bonds is 8. The summed E-state index contributed by atoms with van der Waals surface area (Å²) >= 11 is 0. The second-order valence-electron chi connectivity index (χ2n) is 18.1. The smallest absolute Gasteiger partial charge is 0.415 e. The van der Waals surface area contributed by atoms with E-state index in [1.807, 2.05) is 56.9 Å². The third-order valence-electron chi connectivity index (χ3n) is 12.6.